The standard InChI is InChI=1S/C20H25FN2O2/c1-3-23(4-2)19(16-9-6-5-7-10-16)14-22-20(24)15-25-18-12-8-11-17(21)13-18/h5-13,19H,3-4,14-15H2,1-2H3,(H,22,24). The molecule has 4 nitrogen and oxygen atoms in total. The molecule has 134 valence electrons. The van der Waals surface area contributed by atoms with Crippen molar-refractivity contribution in [3.63, 3.8) is 0 Å². The molecule has 0 heterocycles. The number of ether oxygens (including phenoxy) is 1. The molecule has 0 aliphatic carbocycles. The summed E-state index contributed by atoms with van der Waals surface area (Å²) in [5, 5.41) is 2.92. The number of nitrogens with zero attached hydrogens (tertiary/aromatic N) is 1. The number of halogens is 1. The van der Waals surface area contributed by atoms with Crippen LogP contribution < -0.4 is 10.1 Å². The van der Waals surface area contributed by atoms with E-state index in [0.717, 1.165) is 18.7 Å². The Hall–Kier alpha value is -2.40. The largest absolute Gasteiger partial charge is 0.484 e. The van der Waals surface area contributed by atoms with E-state index in [0.29, 0.717) is 12.3 Å². The van der Waals surface area contributed by atoms with Crippen LogP contribution in [0.5, 0.6) is 5.75 Å². The van der Waals surface area contributed by atoms with Crippen LogP contribution in [-0.4, -0.2) is 37.0 Å². The molecular formula is C20H25FN2O2. The maximum atomic E-state index is 13.1. The summed E-state index contributed by atoms with van der Waals surface area (Å²) in [4.78, 5) is 14.4. The average Bonchev–Trinajstić information content (AvgIpc) is 2.64. The van der Waals surface area contributed by atoms with Crippen LogP contribution in [0.4, 0.5) is 4.39 Å². The minimum absolute atomic E-state index is 0.106. The van der Waals surface area contributed by atoms with Gasteiger partial charge in [0.1, 0.15) is 11.6 Å². The molecule has 0 aliphatic heterocycles. The fourth-order valence-corrected chi connectivity index (χ4v) is 2.76. The number of hydrogen-bond donors (Lipinski definition) is 1. The van der Waals surface area contributed by atoms with Crippen molar-refractivity contribution < 1.29 is 13.9 Å². The molecule has 0 fully saturated rings. The molecule has 1 amide bonds. The highest BCUT2D eigenvalue weighted by Gasteiger charge is 2.18. The van der Waals surface area contributed by atoms with Gasteiger partial charge in [0.2, 0.25) is 0 Å². The molecule has 5 heteroatoms. The van der Waals surface area contributed by atoms with Gasteiger partial charge in [-0.1, -0.05) is 50.2 Å². The summed E-state index contributed by atoms with van der Waals surface area (Å²) < 4.78 is 18.4. The van der Waals surface area contributed by atoms with Gasteiger partial charge in [-0.15, -0.1) is 0 Å². The van der Waals surface area contributed by atoms with Gasteiger partial charge in [-0.05, 0) is 30.8 Å². The predicted octanol–water partition coefficient (Wildman–Crippen LogP) is 3.40. The third kappa shape index (κ3) is 5.87. The highest BCUT2D eigenvalue weighted by molar-refractivity contribution is 5.77. The highest BCUT2D eigenvalue weighted by atomic mass is 19.1. The van der Waals surface area contributed by atoms with Crippen LogP contribution in [0.25, 0.3) is 0 Å². The first kappa shape index (κ1) is 18.9. The zero-order valence-corrected chi connectivity index (χ0v) is 14.7. The lowest BCUT2D eigenvalue weighted by molar-refractivity contribution is -0.123. The van der Waals surface area contributed by atoms with E-state index in [1.807, 2.05) is 18.2 Å². The number of carbonyl (C=O) groups is 1. The number of carbonyl (C=O) groups excluding carboxylic acids is 1. The molecule has 1 N–H and O–H groups in total. The summed E-state index contributed by atoms with van der Waals surface area (Å²) in [6.07, 6.45) is 0. The van der Waals surface area contributed by atoms with Gasteiger partial charge in [-0.25, -0.2) is 4.39 Å². The Labute approximate surface area is 148 Å². The molecule has 0 saturated heterocycles. The molecule has 1 unspecified atom stereocenters. The molecule has 2 aromatic rings. The van der Waals surface area contributed by atoms with Crippen LogP contribution >= 0.6 is 0 Å². The van der Waals surface area contributed by atoms with Crippen molar-refractivity contribution in [2.75, 3.05) is 26.2 Å². The van der Waals surface area contributed by atoms with Crippen molar-refractivity contribution in [1.29, 1.82) is 0 Å². The molecular weight excluding hydrogens is 319 g/mol. The minimum Gasteiger partial charge on any atom is -0.484 e. The maximum Gasteiger partial charge on any atom is 0.258 e. The van der Waals surface area contributed by atoms with E-state index in [1.54, 1.807) is 12.1 Å². The summed E-state index contributed by atoms with van der Waals surface area (Å²) in [7, 11) is 0. The first-order chi connectivity index (χ1) is 12.1. The van der Waals surface area contributed by atoms with E-state index in [2.05, 4.69) is 36.2 Å². The lowest BCUT2D eigenvalue weighted by Crippen LogP contribution is -2.39. The van der Waals surface area contributed by atoms with E-state index >= 15 is 0 Å². The van der Waals surface area contributed by atoms with Crippen molar-refractivity contribution in [3.8, 4) is 5.75 Å². The smallest absolute Gasteiger partial charge is 0.258 e. The zero-order chi connectivity index (χ0) is 18.1. The van der Waals surface area contributed by atoms with Crippen molar-refractivity contribution in [3.05, 3.63) is 66.0 Å². The third-order valence-corrected chi connectivity index (χ3v) is 4.10. The van der Waals surface area contributed by atoms with Crippen LogP contribution in [0, 0.1) is 5.82 Å². The summed E-state index contributed by atoms with van der Waals surface area (Å²) in [6.45, 7) is 6.36. The van der Waals surface area contributed by atoms with Crippen molar-refractivity contribution >= 4 is 5.91 Å². The van der Waals surface area contributed by atoms with Gasteiger partial charge in [0.25, 0.3) is 5.91 Å². The molecule has 25 heavy (non-hydrogen) atoms. The monoisotopic (exact) mass is 344 g/mol. The molecule has 0 radical (unpaired) electrons. The molecule has 0 spiro atoms. The summed E-state index contributed by atoms with van der Waals surface area (Å²) in [5.74, 6) is -0.264. The number of likely N-dealkylation sites (N-methyl/N-ethyl adjacent to an activating group) is 1. The van der Waals surface area contributed by atoms with E-state index in [1.165, 1.54) is 12.1 Å². The summed E-state index contributed by atoms with van der Waals surface area (Å²) >= 11 is 0. The molecule has 2 rings (SSSR count). The normalized spacial score (nSPS) is 12.0. The fourth-order valence-electron chi connectivity index (χ4n) is 2.76. The van der Waals surface area contributed by atoms with Gasteiger partial charge >= 0.3 is 0 Å². The van der Waals surface area contributed by atoms with Gasteiger partial charge in [-0.2, -0.15) is 0 Å². The average molecular weight is 344 g/mol. The molecule has 1 atom stereocenters. The molecule has 0 aliphatic rings. The quantitative estimate of drug-likeness (QED) is 0.758. The Balaban J connectivity index is 1.92. The maximum absolute atomic E-state index is 13.1. The Morgan fingerprint density at radius 1 is 1.12 bits per heavy atom. The van der Waals surface area contributed by atoms with Crippen molar-refractivity contribution in [2.24, 2.45) is 0 Å². The molecule has 0 aromatic heterocycles. The topological polar surface area (TPSA) is 41.6 Å². The Morgan fingerprint density at radius 3 is 2.48 bits per heavy atom. The van der Waals surface area contributed by atoms with Gasteiger partial charge in [0, 0.05) is 12.6 Å². The predicted molar refractivity (Wildman–Crippen MR) is 97.0 cm³/mol. The molecule has 0 bridgehead atoms. The fraction of sp³-hybridized carbons (Fsp3) is 0.350. The van der Waals surface area contributed by atoms with Crippen molar-refractivity contribution in [2.45, 2.75) is 19.9 Å². The first-order valence-corrected chi connectivity index (χ1v) is 8.58. The molecule has 2 aromatic carbocycles. The minimum atomic E-state index is -0.386. The first-order valence-electron chi connectivity index (χ1n) is 8.58. The second-order valence-electron chi connectivity index (χ2n) is 5.70. The lowest BCUT2D eigenvalue weighted by Gasteiger charge is -2.30. The van der Waals surface area contributed by atoms with Crippen molar-refractivity contribution in [1.82, 2.24) is 10.2 Å². The Morgan fingerprint density at radius 2 is 1.84 bits per heavy atom. The number of hydrogen-bond acceptors (Lipinski definition) is 3. The van der Waals surface area contributed by atoms with E-state index in [9.17, 15) is 9.18 Å². The Bertz CT molecular complexity index is 660. The van der Waals surface area contributed by atoms with Crippen LogP contribution in [-0.2, 0) is 4.79 Å². The van der Waals surface area contributed by atoms with Crippen LogP contribution in [0.2, 0.25) is 0 Å². The van der Waals surface area contributed by atoms with Gasteiger partial charge in [0.05, 0.1) is 6.04 Å². The second-order valence-corrected chi connectivity index (χ2v) is 5.70. The number of amides is 1. The highest BCUT2D eigenvalue weighted by Crippen LogP contribution is 2.19. The number of rotatable bonds is 9. The van der Waals surface area contributed by atoms with Crippen LogP contribution in [0.3, 0.4) is 0 Å². The van der Waals surface area contributed by atoms with Crippen LogP contribution in [0.15, 0.2) is 54.6 Å². The van der Waals surface area contributed by atoms with Crippen LogP contribution in [0.1, 0.15) is 25.5 Å². The Kier molecular flexibility index (Phi) is 7.41. The summed E-state index contributed by atoms with van der Waals surface area (Å²) in [6, 6.07) is 16.0. The lowest BCUT2D eigenvalue weighted by atomic mass is 10.1. The number of benzene rings is 2. The van der Waals surface area contributed by atoms with Gasteiger partial charge in [-0.3, -0.25) is 9.69 Å². The van der Waals surface area contributed by atoms with Gasteiger partial charge < -0.3 is 10.1 Å². The third-order valence-electron chi connectivity index (χ3n) is 4.10. The second kappa shape index (κ2) is 9.79. The van der Waals surface area contributed by atoms with E-state index in [4.69, 9.17) is 4.74 Å². The summed E-state index contributed by atoms with van der Waals surface area (Å²) in [5.41, 5.74) is 1.16. The van der Waals surface area contributed by atoms with E-state index in [-0.39, 0.29) is 24.4 Å². The SMILES string of the molecule is CCN(CC)C(CNC(=O)COc1cccc(F)c1)c1ccccc1. The van der Waals surface area contributed by atoms with E-state index < -0.39 is 0 Å². The number of nitrogens with one attached hydrogen (secondary N) is 1. The molecule has 0 saturated carbocycles. The zero-order valence-electron chi connectivity index (χ0n) is 14.7. The van der Waals surface area contributed by atoms with Gasteiger partial charge in [0.15, 0.2) is 6.61 Å².